The number of halogens is 1. The van der Waals surface area contributed by atoms with Crippen molar-refractivity contribution in [2.24, 2.45) is 11.8 Å². The average molecular weight is 489 g/mol. The van der Waals surface area contributed by atoms with Gasteiger partial charge in [-0.05, 0) is 61.5 Å². The van der Waals surface area contributed by atoms with E-state index in [-0.39, 0.29) is 30.1 Å². The van der Waals surface area contributed by atoms with Crippen molar-refractivity contribution in [1.82, 2.24) is 14.8 Å². The molecule has 6 nitrogen and oxygen atoms in total. The van der Waals surface area contributed by atoms with Gasteiger partial charge in [-0.2, -0.15) is 0 Å². The first-order valence-electron chi connectivity index (χ1n) is 12.2. The number of nitrogens with zero attached hydrogens (tertiary/aromatic N) is 4. The summed E-state index contributed by atoms with van der Waals surface area (Å²) in [5, 5.41) is 1.74. The summed E-state index contributed by atoms with van der Waals surface area (Å²) in [6.07, 6.45) is 2.09. The number of hydrogen-bond donors (Lipinski definition) is 0. The summed E-state index contributed by atoms with van der Waals surface area (Å²) < 4.78 is 14.3. The normalized spacial score (nSPS) is 16.3. The molecule has 2 heterocycles. The minimum Gasteiger partial charge on any atom is -0.333 e. The molecule has 0 radical (unpaired) electrons. The molecule has 0 saturated heterocycles. The highest BCUT2D eigenvalue weighted by atomic mass is 32.1. The second kappa shape index (κ2) is 12.4. The van der Waals surface area contributed by atoms with Crippen LogP contribution < -0.4 is 4.90 Å². The SMILES string of the molecule is CC(C)CC(=O)N1CCCN(CC(C)C)CCCN(C(=O)c2cscn2)Cc2cc(F)ccc21. The lowest BCUT2D eigenvalue weighted by Gasteiger charge is -2.32. The number of thiazole rings is 1. The van der Waals surface area contributed by atoms with Crippen LogP contribution in [0, 0.1) is 17.7 Å². The van der Waals surface area contributed by atoms with E-state index >= 15 is 0 Å². The standard InChI is InChI=1S/C26H37FN4O2S/c1-19(2)13-25(32)31-12-6-10-29(15-20(3)4)9-5-11-30(26(33)23-17-34-18-28-23)16-21-14-22(27)7-8-24(21)31/h7-8,14,17-20H,5-6,9-13,15-16H2,1-4H3. The smallest absolute Gasteiger partial charge is 0.273 e. The Balaban J connectivity index is 1.98. The second-order valence-electron chi connectivity index (χ2n) is 9.92. The highest BCUT2D eigenvalue weighted by molar-refractivity contribution is 7.07. The number of benzene rings is 1. The molecule has 2 amide bonds. The van der Waals surface area contributed by atoms with Crippen LogP contribution in [0.2, 0.25) is 0 Å². The molecule has 34 heavy (non-hydrogen) atoms. The Hall–Kier alpha value is -2.32. The Morgan fingerprint density at radius 2 is 1.79 bits per heavy atom. The van der Waals surface area contributed by atoms with E-state index in [1.807, 2.05) is 13.8 Å². The zero-order valence-corrected chi connectivity index (χ0v) is 21.6. The molecule has 2 aromatic rings. The lowest BCUT2D eigenvalue weighted by Crippen LogP contribution is -2.40. The van der Waals surface area contributed by atoms with E-state index < -0.39 is 0 Å². The fourth-order valence-corrected chi connectivity index (χ4v) is 5.00. The van der Waals surface area contributed by atoms with Gasteiger partial charge in [-0.1, -0.05) is 27.7 Å². The number of anilines is 1. The highest BCUT2D eigenvalue weighted by Crippen LogP contribution is 2.27. The van der Waals surface area contributed by atoms with Gasteiger partial charge in [0.2, 0.25) is 5.91 Å². The monoisotopic (exact) mass is 488 g/mol. The average Bonchev–Trinajstić information content (AvgIpc) is 3.29. The van der Waals surface area contributed by atoms with Gasteiger partial charge in [-0.3, -0.25) is 9.59 Å². The number of aromatic nitrogens is 1. The van der Waals surface area contributed by atoms with Gasteiger partial charge in [0, 0.05) is 43.7 Å². The van der Waals surface area contributed by atoms with E-state index in [4.69, 9.17) is 0 Å². The maximum absolute atomic E-state index is 14.3. The molecule has 0 spiro atoms. The predicted octanol–water partition coefficient (Wildman–Crippen LogP) is 5.06. The van der Waals surface area contributed by atoms with Crippen molar-refractivity contribution in [3.8, 4) is 0 Å². The van der Waals surface area contributed by atoms with Gasteiger partial charge in [0.15, 0.2) is 0 Å². The van der Waals surface area contributed by atoms with E-state index in [0.717, 1.165) is 32.5 Å². The maximum atomic E-state index is 14.3. The third-order valence-corrected chi connectivity index (χ3v) is 6.48. The minimum absolute atomic E-state index is 0.0349. The van der Waals surface area contributed by atoms with Crippen molar-refractivity contribution in [2.45, 2.75) is 53.5 Å². The van der Waals surface area contributed by atoms with Crippen molar-refractivity contribution in [1.29, 1.82) is 0 Å². The van der Waals surface area contributed by atoms with Crippen LogP contribution in [-0.4, -0.2) is 59.3 Å². The second-order valence-corrected chi connectivity index (χ2v) is 10.6. The molecular weight excluding hydrogens is 451 g/mol. The Morgan fingerprint density at radius 3 is 2.44 bits per heavy atom. The molecule has 0 fully saturated rings. The van der Waals surface area contributed by atoms with Crippen LogP contribution in [0.1, 0.15) is 63.0 Å². The van der Waals surface area contributed by atoms with E-state index in [9.17, 15) is 14.0 Å². The van der Waals surface area contributed by atoms with Crippen molar-refractivity contribution >= 4 is 28.8 Å². The first kappa shape index (κ1) is 26.3. The van der Waals surface area contributed by atoms with Crippen LogP contribution in [0.25, 0.3) is 0 Å². The third kappa shape index (κ3) is 7.34. The minimum atomic E-state index is -0.369. The molecule has 3 rings (SSSR count). The molecule has 0 atom stereocenters. The summed E-state index contributed by atoms with van der Waals surface area (Å²) >= 11 is 1.38. The van der Waals surface area contributed by atoms with Gasteiger partial charge in [0.1, 0.15) is 11.5 Å². The zero-order valence-electron chi connectivity index (χ0n) is 20.8. The number of carbonyl (C=O) groups is 2. The Morgan fingerprint density at radius 1 is 1.06 bits per heavy atom. The summed E-state index contributed by atoms with van der Waals surface area (Å²) in [7, 11) is 0. The Labute approximate surface area is 206 Å². The lowest BCUT2D eigenvalue weighted by atomic mass is 10.1. The van der Waals surface area contributed by atoms with Crippen molar-refractivity contribution in [3.63, 3.8) is 0 Å². The third-order valence-electron chi connectivity index (χ3n) is 5.90. The van der Waals surface area contributed by atoms with Gasteiger partial charge >= 0.3 is 0 Å². The molecule has 186 valence electrons. The van der Waals surface area contributed by atoms with Crippen LogP contribution in [0.15, 0.2) is 29.1 Å². The quantitative estimate of drug-likeness (QED) is 0.591. The summed E-state index contributed by atoms with van der Waals surface area (Å²) in [6, 6.07) is 4.55. The predicted molar refractivity (Wildman–Crippen MR) is 136 cm³/mol. The topological polar surface area (TPSA) is 56.8 Å². The molecule has 0 unspecified atom stereocenters. The number of hydrogen-bond acceptors (Lipinski definition) is 5. The van der Waals surface area contributed by atoms with E-state index in [1.54, 1.807) is 26.8 Å². The van der Waals surface area contributed by atoms with Crippen LogP contribution in [0.5, 0.6) is 0 Å². The molecular formula is C26H37FN4O2S. The zero-order chi connectivity index (χ0) is 24.7. The molecule has 1 aliphatic heterocycles. The van der Waals surface area contributed by atoms with Crippen LogP contribution in [0.3, 0.4) is 0 Å². The summed E-state index contributed by atoms with van der Waals surface area (Å²) in [6.45, 7) is 12.5. The molecule has 8 heteroatoms. The Kier molecular flexibility index (Phi) is 9.59. The van der Waals surface area contributed by atoms with Crippen molar-refractivity contribution in [3.05, 3.63) is 46.2 Å². The molecule has 1 aromatic carbocycles. The van der Waals surface area contributed by atoms with Gasteiger partial charge in [0.05, 0.1) is 5.51 Å². The molecule has 0 aliphatic carbocycles. The van der Waals surface area contributed by atoms with Crippen LogP contribution in [-0.2, 0) is 11.3 Å². The molecule has 1 aromatic heterocycles. The van der Waals surface area contributed by atoms with Crippen molar-refractivity contribution < 1.29 is 14.0 Å². The number of fused-ring (bicyclic) bond motifs is 1. The fraction of sp³-hybridized carbons (Fsp3) is 0.577. The van der Waals surface area contributed by atoms with E-state index in [0.29, 0.717) is 42.4 Å². The first-order valence-corrected chi connectivity index (χ1v) is 13.2. The van der Waals surface area contributed by atoms with Gasteiger partial charge in [-0.15, -0.1) is 11.3 Å². The summed E-state index contributed by atoms with van der Waals surface area (Å²) in [5.41, 5.74) is 3.40. The molecule has 0 bridgehead atoms. The number of rotatable bonds is 5. The van der Waals surface area contributed by atoms with Crippen LogP contribution in [0.4, 0.5) is 10.1 Å². The van der Waals surface area contributed by atoms with Gasteiger partial charge in [-0.25, -0.2) is 9.37 Å². The maximum Gasteiger partial charge on any atom is 0.273 e. The first-order chi connectivity index (χ1) is 16.2. The molecule has 0 saturated carbocycles. The van der Waals surface area contributed by atoms with E-state index in [1.165, 1.54) is 23.5 Å². The number of carbonyl (C=O) groups excluding carboxylic acids is 2. The van der Waals surface area contributed by atoms with Crippen LogP contribution >= 0.6 is 11.3 Å². The van der Waals surface area contributed by atoms with E-state index in [2.05, 4.69) is 23.7 Å². The summed E-state index contributed by atoms with van der Waals surface area (Å²) in [4.78, 5) is 36.7. The molecule has 0 N–H and O–H groups in total. The highest BCUT2D eigenvalue weighted by Gasteiger charge is 2.25. The van der Waals surface area contributed by atoms with Gasteiger partial charge < -0.3 is 14.7 Å². The van der Waals surface area contributed by atoms with Crippen molar-refractivity contribution in [2.75, 3.05) is 37.6 Å². The number of amides is 2. The Bertz CT molecular complexity index is 948. The largest absolute Gasteiger partial charge is 0.333 e. The fourth-order valence-electron chi connectivity index (χ4n) is 4.47. The lowest BCUT2D eigenvalue weighted by molar-refractivity contribution is -0.119. The van der Waals surface area contributed by atoms with Gasteiger partial charge in [0.25, 0.3) is 5.91 Å². The summed E-state index contributed by atoms with van der Waals surface area (Å²) in [5.74, 6) is 0.254. The molecule has 1 aliphatic rings.